The van der Waals surface area contributed by atoms with Gasteiger partial charge >= 0.3 is 0 Å². The summed E-state index contributed by atoms with van der Waals surface area (Å²) in [5.74, 6) is 1.04. The zero-order valence-electron chi connectivity index (χ0n) is 18.0. The standard InChI is InChI=1S/C23H26FN5O2/c1-4-29(5-2)9-6-10-31-22-13-20-17(12-21(22)30-3)23(27-15-26-20)28-19-8-7-16(14-25)11-18(19)24/h7-8,11-13,15H,4-6,9-10H2,1-3H3,(H,26,27,28). The molecule has 0 fully saturated rings. The van der Waals surface area contributed by atoms with E-state index < -0.39 is 5.82 Å². The highest BCUT2D eigenvalue weighted by Crippen LogP contribution is 2.35. The Labute approximate surface area is 181 Å². The fourth-order valence-corrected chi connectivity index (χ4v) is 3.26. The summed E-state index contributed by atoms with van der Waals surface area (Å²) in [6.07, 6.45) is 2.31. The van der Waals surface area contributed by atoms with E-state index in [1.807, 2.05) is 6.07 Å². The zero-order chi connectivity index (χ0) is 22.2. The zero-order valence-corrected chi connectivity index (χ0v) is 18.0. The van der Waals surface area contributed by atoms with E-state index in [1.165, 1.54) is 18.5 Å². The largest absolute Gasteiger partial charge is 0.493 e. The lowest BCUT2D eigenvalue weighted by Crippen LogP contribution is -2.25. The Morgan fingerprint density at radius 2 is 1.94 bits per heavy atom. The van der Waals surface area contributed by atoms with Gasteiger partial charge in [0.25, 0.3) is 0 Å². The van der Waals surface area contributed by atoms with Gasteiger partial charge < -0.3 is 19.7 Å². The predicted molar refractivity (Wildman–Crippen MR) is 118 cm³/mol. The molecule has 162 valence electrons. The molecule has 2 aromatic carbocycles. The Hall–Kier alpha value is -3.44. The van der Waals surface area contributed by atoms with Gasteiger partial charge in [-0.15, -0.1) is 0 Å². The molecule has 0 aliphatic heterocycles. The van der Waals surface area contributed by atoms with Crippen LogP contribution in [0.5, 0.6) is 11.5 Å². The molecule has 7 nitrogen and oxygen atoms in total. The van der Waals surface area contributed by atoms with Crippen LogP contribution in [0.4, 0.5) is 15.9 Å². The lowest BCUT2D eigenvalue weighted by atomic mass is 10.2. The summed E-state index contributed by atoms with van der Waals surface area (Å²) in [5.41, 5.74) is 1.11. The molecule has 0 spiro atoms. The number of nitrogens with zero attached hydrogens (tertiary/aromatic N) is 4. The first-order chi connectivity index (χ1) is 15.1. The van der Waals surface area contributed by atoms with Crippen LogP contribution in [-0.4, -0.2) is 48.2 Å². The summed E-state index contributed by atoms with van der Waals surface area (Å²) in [6.45, 7) is 7.85. The maximum atomic E-state index is 14.3. The van der Waals surface area contributed by atoms with Crippen molar-refractivity contribution in [2.24, 2.45) is 0 Å². The molecule has 0 aliphatic rings. The van der Waals surface area contributed by atoms with Crippen molar-refractivity contribution in [1.29, 1.82) is 5.26 Å². The van der Waals surface area contributed by atoms with Gasteiger partial charge in [0.1, 0.15) is 18.0 Å². The second kappa shape index (κ2) is 10.5. The van der Waals surface area contributed by atoms with Gasteiger partial charge in [-0.25, -0.2) is 14.4 Å². The summed E-state index contributed by atoms with van der Waals surface area (Å²) in [5, 5.41) is 12.6. The summed E-state index contributed by atoms with van der Waals surface area (Å²) in [7, 11) is 1.57. The summed E-state index contributed by atoms with van der Waals surface area (Å²) in [4.78, 5) is 10.9. The van der Waals surface area contributed by atoms with E-state index in [2.05, 4.69) is 34.0 Å². The number of methoxy groups -OCH3 is 1. The van der Waals surface area contributed by atoms with Crippen LogP contribution in [0.15, 0.2) is 36.7 Å². The first-order valence-corrected chi connectivity index (χ1v) is 10.2. The van der Waals surface area contributed by atoms with E-state index in [-0.39, 0.29) is 11.3 Å². The third kappa shape index (κ3) is 5.38. The monoisotopic (exact) mass is 423 g/mol. The molecule has 0 aliphatic carbocycles. The topological polar surface area (TPSA) is 83.3 Å². The third-order valence-corrected chi connectivity index (χ3v) is 5.04. The molecule has 1 heterocycles. The molecule has 0 saturated heterocycles. The molecule has 0 bridgehead atoms. The van der Waals surface area contributed by atoms with Crippen LogP contribution in [0.1, 0.15) is 25.8 Å². The number of ether oxygens (including phenoxy) is 2. The predicted octanol–water partition coefficient (Wildman–Crippen LogP) is 4.50. The Morgan fingerprint density at radius 1 is 1.13 bits per heavy atom. The van der Waals surface area contributed by atoms with Crippen molar-refractivity contribution < 1.29 is 13.9 Å². The van der Waals surface area contributed by atoms with Gasteiger partial charge in [-0.1, -0.05) is 13.8 Å². The number of nitrogens with one attached hydrogen (secondary N) is 1. The van der Waals surface area contributed by atoms with Gasteiger partial charge in [0, 0.05) is 18.0 Å². The molecular weight excluding hydrogens is 397 g/mol. The number of fused-ring (bicyclic) bond motifs is 1. The fourth-order valence-electron chi connectivity index (χ4n) is 3.26. The molecule has 0 unspecified atom stereocenters. The minimum Gasteiger partial charge on any atom is -0.493 e. The number of hydrogen-bond acceptors (Lipinski definition) is 7. The molecule has 3 rings (SSSR count). The van der Waals surface area contributed by atoms with Crippen molar-refractivity contribution in [2.75, 3.05) is 38.7 Å². The third-order valence-electron chi connectivity index (χ3n) is 5.04. The normalized spacial score (nSPS) is 10.8. The van der Waals surface area contributed by atoms with Gasteiger partial charge in [-0.3, -0.25) is 0 Å². The second-order valence-corrected chi connectivity index (χ2v) is 6.90. The highest BCUT2D eigenvalue weighted by Gasteiger charge is 2.13. The van der Waals surface area contributed by atoms with Crippen molar-refractivity contribution in [1.82, 2.24) is 14.9 Å². The number of nitriles is 1. The minimum atomic E-state index is -0.536. The number of halogens is 1. The average molecular weight is 423 g/mol. The van der Waals surface area contributed by atoms with Crippen molar-refractivity contribution in [3.05, 3.63) is 48.0 Å². The molecule has 1 N–H and O–H groups in total. The maximum absolute atomic E-state index is 14.3. The molecule has 1 aromatic heterocycles. The molecular formula is C23H26FN5O2. The molecule has 0 radical (unpaired) electrons. The van der Waals surface area contributed by atoms with Crippen molar-refractivity contribution >= 4 is 22.4 Å². The van der Waals surface area contributed by atoms with Gasteiger partial charge in [0.15, 0.2) is 11.5 Å². The SMILES string of the molecule is CCN(CC)CCCOc1cc2ncnc(Nc3ccc(C#N)cc3F)c2cc1OC. The van der Waals surface area contributed by atoms with E-state index in [9.17, 15) is 4.39 Å². The van der Waals surface area contributed by atoms with Crippen LogP contribution >= 0.6 is 0 Å². The molecule has 3 aromatic rings. The Balaban J connectivity index is 1.82. The Kier molecular flexibility index (Phi) is 7.57. The van der Waals surface area contributed by atoms with Gasteiger partial charge in [0.2, 0.25) is 0 Å². The summed E-state index contributed by atoms with van der Waals surface area (Å²) < 4.78 is 25.8. The average Bonchev–Trinajstić information content (AvgIpc) is 2.80. The first-order valence-electron chi connectivity index (χ1n) is 10.2. The van der Waals surface area contributed by atoms with Crippen LogP contribution in [0, 0.1) is 17.1 Å². The van der Waals surface area contributed by atoms with Gasteiger partial charge in [-0.2, -0.15) is 5.26 Å². The number of anilines is 2. The van der Waals surface area contributed by atoms with Crippen LogP contribution in [0.3, 0.4) is 0 Å². The Morgan fingerprint density at radius 3 is 2.61 bits per heavy atom. The van der Waals surface area contributed by atoms with E-state index in [0.717, 1.165) is 26.1 Å². The van der Waals surface area contributed by atoms with Crippen molar-refractivity contribution in [3.63, 3.8) is 0 Å². The van der Waals surface area contributed by atoms with E-state index in [0.29, 0.717) is 34.8 Å². The van der Waals surface area contributed by atoms with E-state index in [4.69, 9.17) is 14.7 Å². The number of benzene rings is 2. The van der Waals surface area contributed by atoms with Crippen molar-refractivity contribution in [3.8, 4) is 17.6 Å². The minimum absolute atomic E-state index is 0.217. The van der Waals surface area contributed by atoms with Gasteiger partial charge in [0.05, 0.1) is 36.6 Å². The molecule has 8 heteroatoms. The van der Waals surface area contributed by atoms with Crippen LogP contribution < -0.4 is 14.8 Å². The lowest BCUT2D eigenvalue weighted by molar-refractivity contribution is 0.243. The summed E-state index contributed by atoms with van der Waals surface area (Å²) >= 11 is 0. The molecule has 31 heavy (non-hydrogen) atoms. The molecule has 0 saturated carbocycles. The second-order valence-electron chi connectivity index (χ2n) is 6.90. The smallest absolute Gasteiger partial charge is 0.163 e. The van der Waals surface area contributed by atoms with E-state index >= 15 is 0 Å². The number of aromatic nitrogens is 2. The fraction of sp³-hybridized carbons (Fsp3) is 0.348. The summed E-state index contributed by atoms with van der Waals surface area (Å²) in [6, 6.07) is 9.72. The van der Waals surface area contributed by atoms with Crippen molar-refractivity contribution in [2.45, 2.75) is 20.3 Å². The first kappa shape index (κ1) is 22.2. The quantitative estimate of drug-likeness (QED) is 0.481. The highest BCUT2D eigenvalue weighted by atomic mass is 19.1. The Bertz CT molecular complexity index is 1080. The molecule has 0 atom stereocenters. The number of hydrogen-bond donors (Lipinski definition) is 1. The maximum Gasteiger partial charge on any atom is 0.163 e. The van der Waals surface area contributed by atoms with Crippen LogP contribution in [-0.2, 0) is 0 Å². The number of rotatable bonds is 10. The highest BCUT2D eigenvalue weighted by molar-refractivity contribution is 5.93. The van der Waals surface area contributed by atoms with Crippen LogP contribution in [0.25, 0.3) is 10.9 Å². The van der Waals surface area contributed by atoms with Gasteiger partial charge in [-0.05, 0) is 43.8 Å². The molecule has 0 amide bonds. The lowest BCUT2D eigenvalue weighted by Gasteiger charge is -2.18. The van der Waals surface area contributed by atoms with E-state index in [1.54, 1.807) is 25.3 Å². The van der Waals surface area contributed by atoms with Crippen LogP contribution in [0.2, 0.25) is 0 Å².